The molecule has 1 saturated heterocycles. The van der Waals surface area contributed by atoms with Crippen LogP contribution in [0.25, 0.3) is 0 Å². The lowest BCUT2D eigenvalue weighted by Gasteiger charge is -2.15. The lowest BCUT2D eigenvalue weighted by Crippen LogP contribution is -2.29. The van der Waals surface area contributed by atoms with Crippen LogP contribution in [0.5, 0.6) is 0 Å². The van der Waals surface area contributed by atoms with Crippen molar-refractivity contribution in [3.05, 3.63) is 29.8 Å². The molecule has 1 heterocycles. The van der Waals surface area contributed by atoms with Gasteiger partial charge in [0, 0.05) is 31.7 Å². The molecule has 1 aliphatic heterocycles. The van der Waals surface area contributed by atoms with Crippen molar-refractivity contribution in [3.8, 4) is 0 Å². The highest BCUT2D eigenvalue weighted by Crippen LogP contribution is 2.16. The van der Waals surface area contributed by atoms with Gasteiger partial charge in [-0.3, -0.25) is 9.59 Å². The average molecular weight is 290 g/mol. The summed E-state index contributed by atoms with van der Waals surface area (Å²) in [5, 5.41) is 2.86. The standard InChI is InChI=1S/C15H22N4O2/c16-9-11-2-1-3-13(8-11)18-14(20)5-7-19-6-4-12(10-19)15(17)21/h1-3,8,12H,4-7,9-10,16H2,(H2,17,21)(H,18,20). The Hall–Kier alpha value is -1.92. The second-order valence-corrected chi connectivity index (χ2v) is 5.39. The van der Waals surface area contributed by atoms with E-state index in [1.54, 1.807) is 0 Å². The molecule has 1 atom stereocenters. The Labute approximate surface area is 124 Å². The van der Waals surface area contributed by atoms with E-state index in [1.807, 2.05) is 24.3 Å². The minimum absolute atomic E-state index is 0.0355. The summed E-state index contributed by atoms with van der Waals surface area (Å²) < 4.78 is 0. The van der Waals surface area contributed by atoms with Gasteiger partial charge in [0.05, 0.1) is 5.92 Å². The fraction of sp³-hybridized carbons (Fsp3) is 0.467. The number of anilines is 1. The first-order valence-corrected chi connectivity index (χ1v) is 7.19. The number of amides is 2. The molecule has 21 heavy (non-hydrogen) atoms. The van der Waals surface area contributed by atoms with Gasteiger partial charge in [-0.1, -0.05) is 12.1 Å². The molecule has 2 rings (SSSR count). The van der Waals surface area contributed by atoms with Gasteiger partial charge in [0.25, 0.3) is 0 Å². The normalized spacial score (nSPS) is 18.6. The topological polar surface area (TPSA) is 101 Å². The van der Waals surface area contributed by atoms with Gasteiger partial charge in [-0.15, -0.1) is 0 Å². The second-order valence-electron chi connectivity index (χ2n) is 5.39. The van der Waals surface area contributed by atoms with Crippen LogP contribution in [-0.2, 0) is 16.1 Å². The Balaban J connectivity index is 1.76. The van der Waals surface area contributed by atoms with Crippen LogP contribution in [0.15, 0.2) is 24.3 Å². The number of hydrogen-bond donors (Lipinski definition) is 3. The molecule has 6 nitrogen and oxygen atoms in total. The number of carbonyl (C=O) groups excluding carboxylic acids is 2. The molecule has 0 radical (unpaired) electrons. The zero-order valence-corrected chi connectivity index (χ0v) is 12.0. The Bertz CT molecular complexity index is 518. The van der Waals surface area contributed by atoms with Crippen molar-refractivity contribution < 1.29 is 9.59 Å². The minimum atomic E-state index is -0.249. The Morgan fingerprint density at radius 3 is 2.86 bits per heavy atom. The van der Waals surface area contributed by atoms with Crippen LogP contribution in [-0.4, -0.2) is 36.3 Å². The van der Waals surface area contributed by atoms with Gasteiger partial charge >= 0.3 is 0 Å². The number of primary amides is 1. The van der Waals surface area contributed by atoms with Crippen molar-refractivity contribution in [1.82, 2.24) is 4.90 Å². The highest BCUT2D eigenvalue weighted by atomic mass is 16.2. The molecule has 0 spiro atoms. The van der Waals surface area contributed by atoms with Gasteiger partial charge < -0.3 is 21.7 Å². The number of likely N-dealkylation sites (tertiary alicyclic amines) is 1. The van der Waals surface area contributed by atoms with Gasteiger partial charge in [0.15, 0.2) is 0 Å². The Morgan fingerprint density at radius 1 is 1.38 bits per heavy atom. The van der Waals surface area contributed by atoms with Crippen molar-refractivity contribution in [2.45, 2.75) is 19.4 Å². The molecule has 1 unspecified atom stereocenters. The van der Waals surface area contributed by atoms with Crippen molar-refractivity contribution >= 4 is 17.5 Å². The maximum Gasteiger partial charge on any atom is 0.225 e. The molecular weight excluding hydrogens is 268 g/mol. The van der Waals surface area contributed by atoms with E-state index in [1.165, 1.54) is 0 Å². The predicted octanol–water partition coefficient (Wildman–Crippen LogP) is 0.281. The second kappa shape index (κ2) is 7.19. The van der Waals surface area contributed by atoms with Crippen molar-refractivity contribution in [1.29, 1.82) is 0 Å². The third-order valence-electron chi connectivity index (χ3n) is 3.78. The van der Waals surface area contributed by atoms with Crippen molar-refractivity contribution in [3.63, 3.8) is 0 Å². The molecule has 1 aliphatic rings. The molecular formula is C15H22N4O2. The largest absolute Gasteiger partial charge is 0.369 e. The third kappa shape index (κ3) is 4.54. The Kier molecular flexibility index (Phi) is 5.30. The zero-order valence-electron chi connectivity index (χ0n) is 12.0. The molecule has 0 aliphatic carbocycles. The first kappa shape index (κ1) is 15.5. The van der Waals surface area contributed by atoms with Crippen LogP contribution < -0.4 is 16.8 Å². The highest BCUT2D eigenvalue weighted by molar-refractivity contribution is 5.90. The summed E-state index contributed by atoms with van der Waals surface area (Å²) in [5.74, 6) is -0.360. The number of carbonyl (C=O) groups is 2. The molecule has 2 amide bonds. The van der Waals surface area contributed by atoms with Crippen molar-refractivity contribution in [2.75, 3.05) is 25.0 Å². The summed E-state index contributed by atoms with van der Waals surface area (Å²) in [6, 6.07) is 7.51. The van der Waals surface area contributed by atoms with E-state index in [4.69, 9.17) is 11.5 Å². The number of hydrogen-bond acceptors (Lipinski definition) is 4. The summed E-state index contributed by atoms with van der Waals surface area (Å²) in [6.07, 6.45) is 1.19. The number of nitrogens with one attached hydrogen (secondary N) is 1. The maximum absolute atomic E-state index is 11.9. The summed E-state index contributed by atoms with van der Waals surface area (Å²) in [4.78, 5) is 25.1. The fourth-order valence-electron chi connectivity index (χ4n) is 2.53. The van der Waals surface area contributed by atoms with Crippen molar-refractivity contribution in [2.24, 2.45) is 17.4 Å². The summed E-state index contributed by atoms with van der Waals surface area (Å²) in [5.41, 5.74) is 12.6. The quantitative estimate of drug-likeness (QED) is 0.700. The smallest absolute Gasteiger partial charge is 0.225 e. The van der Waals surface area contributed by atoms with Gasteiger partial charge in [0.1, 0.15) is 0 Å². The molecule has 6 heteroatoms. The Morgan fingerprint density at radius 2 is 2.19 bits per heavy atom. The van der Waals surface area contributed by atoms with Gasteiger partial charge in [-0.2, -0.15) is 0 Å². The van der Waals surface area contributed by atoms with E-state index < -0.39 is 0 Å². The number of nitrogens with zero attached hydrogens (tertiary/aromatic N) is 1. The van der Waals surface area contributed by atoms with E-state index in [-0.39, 0.29) is 17.7 Å². The SMILES string of the molecule is NCc1cccc(NC(=O)CCN2CCC(C(N)=O)C2)c1. The van der Waals surface area contributed by atoms with Crippen LogP contribution in [0.2, 0.25) is 0 Å². The summed E-state index contributed by atoms with van der Waals surface area (Å²) in [7, 11) is 0. The molecule has 0 bridgehead atoms. The van der Waals surface area contributed by atoms with E-state index in [0.29, 0.717) is 26.1 Å². The monoisotopic (exact) mass is 290 g/mol. The number of nitrogens with two attached hydrogens (primary N) is 2. The number of benzene rings is 1. The lowest BCUT2D eigenvalue weighted by atomic mass is 10.1. The molecule has 0 aromatic heterocycles. The molecule has 1 aromatic rings. The third-order valence-corrected chi connectivity index (χ3v) is 3.78. The van der Waals surface area contributed by atoms with Gasteiger partial charge in [0.2, 0.25) is 11.8 Å². The fourth-order valence-corrected chi connectivity index (χ4v) is 2.53. The summed E-state index contributed by atoms with van der Waals surface area (Å²) >= 11 is 0. The summed E-state index contributed by atoms with van der Waals surface area (Å²) in [6.45, 7) is 2.58. The van der Waals surface area contributed by atoms with Crippen LogP contribution in [0.4, 0.5) is 5.69 Å². The minimum Gasteiger partial charge on any atom is -0.369 e. The molecule has 0 saturated carbocycles. The van der Waals surface area contributed by atoms with E-state index in [2.05, 4.69) is 10.2 Å². The predicted molar refractivity (Wildman–Crippen MR) is 81.3 cm³/mol. The molecule has 1 fully saturated rings. The van der Waals surface area contributed by atoms with Gasteiger partial charge in [-0.05, 0) is 30.7 Å². The zero-order chi connectivity index (χ0) is 15.2. The first-order valence-electron chi connectivity index (χ1n) is 7.19. The average Bonchev–Trinajstić information content (AvgIpc) is 2.94. The lowest BCUT2D eigenvalue weighted by molar-refractivity contribution is -0.121. The molecule has 114 valence electrons. The van der Waals surface area contributed by atoms with E-state index >= 15 is 0 Å². The number of rotatable bonds is 6. The van der Waals surface area contributed by atoms with Crippen LogP contribution in [0.3, 0.4) is 0 Å². The van der Waals surface area contributed by atoms with E-state index in [0.717, 1.165) is 24.2 Å². The van der Waals surface area contributed by atoms with Gasteiger partial charge in [-0.25, -0.2) is 0 Å². The highest BCUT2D eigenvalue weighted by Gasteiger charge is 2.26. The molecule has 1 aromatic carbocycles. The maximum atomic E-state index is 11.9. The van der Waals surface area contributed by atoms with Crippen LogP contribution >= 0.6 is 0 Å². The first-order chi connectivity index (χ1) is 10.1. The van der Waals surface area contributed by atoms with E-state index in [9.17, 15) is 9.59 Å². The van der Waals surface area contributed by atoms with Crippen LogP contribution in [0, 0.1) is 5.92 Å². The van der Waals surface area contributed by atoms with Crippen LogP contribution in [0.1, 0.15) is 18.4 Å². The molecule has 5 N–H and O–H groups in total.